The summed E-state index contributed by atoms with van der Waals surface area (Å²) < 4.78 is 10.6. The number of hydrogen-bond acceptors (Lipinski definition) is 3. The van der Waals surface area contributed by atoms with E-state index >= 15 is 0 Å². The SMILES string of the molecule is CN[C@@]1(C)COCCO1.Cl. The van der Waals surface area contributed by atoms with Gasteiger partial charge < -0.3 is 9.47 Å². The first kappa shape index (κ1) is 10.2. The molecule has 62 valence electrons. The van der Waals surface area contributed by atoms with E-state index in [1.807, 2.05) is 14.0 Å². The van der Waals surface area contributed by atoms with Gasteiger partial charge in [0.15, 0.2) is 0 Å². The molecule has 0 aromatic heterocycles. The van der Waals surface area contributed by atoms with Crippen molar-refractivity contribution in [2.24, 2.45) is 0 Å². The summed E-state index contributed by atoms with van der Waals surface area (Å²) in [4.78, 5) is 0. The molecule has 1 fully saturated rings. The van der Waals surface area contributed by atoms with Gasteiger partial charge in [-0.05, 0) is 14.0 Å². The molecule has 1 N–H and O–H groups in total. The van der Waals surface area contributed by atoms with Crippen molar-refractivity contribution in [3.05, 3.63) is 0 Å². The van der Waals surface area contributed by atoms with Crippen molar-refractivity contribution in [1.82, 2.24) is 5.32 Å². The first-order chi connectivity index (χ1) is 4.27. The van der Waals surface area contributed by atoms with Gasteiger partial charge in [-0.25, -0.2) is 0 Å². The monoisotopic (exact) mass is 167 g/mol. The summed E-state index contributed by atoms with van der Waals surface area (Å²) in [7, 11) is 1.87. The Labute approximate surface area is 67.5 Å². The average Bonchev–Trinajstić information content (AvgIpc) is 1.90. The highest BCUT2D eigenvalue weighted by Crippen LogP contribution is 2.09. The molecule has 0 bridgehead atoms. The van der Waals surface area contributed by atoms with Crippen molar-refractivity contribution in [3.8, 4) is 0 Å². The van der Waals surface area contributed by atoms with Crippen LogP contribution in [0.4, 0.5) is 0 Å². The van der Waals surface area contributed by atoms with E-state index in [1.165, 1.54) is 0 Å². The van der Waals surface area contributed by atoms with E-state index in [0.717, 1.165) is 6.61 Å². The summed E-state index contributed by atoms with van der Waals surface area (Å²) in [5.41, 5.74) is -0.252. The molecule has 0 radical (unpaired) electrons. The maximum atomic E-state index is 5.38. The molecule has 0 aromatic carbocycles. The van der Waals surface area contributed by atoms with E-state index in [-0.39, 0.29) is 18.1 Å². The lowest BCUT2D eigenvalue weighted by Gasteiger charge is -2.32. The lowest BCUT2D eigenvalue weighted by molar-refractivity contribution is -0.160. The van der Waals surface area contributed by atoms with Crippen LogP contribution in [0, 0.1) is 0 Å². The number of halogens is 1. The summed E-state index contributed by atoms with van der Waals surface area (Å²) in [6.07, 6.45) is 0. The van der Waals surface area contributed by atoms with Crippen molar-refractivity contribution >= 4 is 12.4 Å². The zero-order chi connectivity index (χ0) is 6.74. The van der Waals surface area contributed by atoms with E-state index in [2.05, 4.69) is 5.32 Å². The lowest BCUT2D eigenvalue weighted by atomic mass is 10.3. The topological polar surface area (TPSA) is 30.5 Å². The number of nitrogens with one attached hydrogen (secondary N) is 1. The van der Waals surface area contributed by atoms with Crippen molar-refractivity contribution < 1.29 is 9.47 Å². The van der Waals surface area contributed by atoms with Crippen LogP contribution in [0.15, 0.2) is 0 Å². The van der Waals surface area contributed by atoms with Crippen LogP contribution in [0.2, 0.25) is 0 Å². The predicted molar refractivity (Wildman–Crippen MR) is 41.5 cm³/mol. The van der Waals surface area contributed by atoms with E-state index in [9.17, 15) is 0 Å². The molecule has 1 saturated heterocycles. The van der Waals surface area contributed by atoms with Crippen molar-refractivity contribution in [2.45, 2.75) is 12.6 Å². The molecule has 10 heavy (non-hydrogen) atoms. The molecular formula is C6H14ClNO2. The maximum Gasteiger partial charge on any atom is 0.139 e. The van der Waals surface area contributed by atoms with Crippen LogP contribution in [0.5, 0.6) is 0 Å². The Kier molecular flexibility index (Phi) is 4.20. The first-order valence-electron chi connectivity index (χ1n) is 3.17. The molecule has 0 aliphatic carbocycles. The maximum absolute atomic E-state index is 5.38. The van der Waals surface area contributed by atoms with Gasteiger partial charge in [-0.3, -0.25) is 5.32 Å². The lowest BCUT2D eigenvalue weighted by Crippen LogP contribution is -2.50. The highest BCUT2D eigenvalue weighted by atomic mass is 35.5. The minimum absolute atomic E-state index is 0. The van der Waals surface area contributed by atoms with E-state index in [4.69, 9.17) is 9.47 Å². The molecular weight excluding hydrogens is 154 g/mol. The molecule has 1 rings (SSSR count). The molecule has 0 aromatic rings. The Balaban J connectivity index is 0.000000810. The van der Waals surface area contributed by atoms with Gasteiger partial charge in [-0.15, -0.1) is 12.4 Å². The van der Waals surface area contributed by atoms with Crippen LogP contribution in [0.1, 0.15) is 6.92 Å². The van der Waals surface area contributed by atoms with E-state index < -0.39 is 0 Å². The molecule has 4 heteroatoms. The van der Waals surface area contributed by atoms with Crippen molar-refractivity contribution in [3.63, 3.8) is 0 Å². The number of rotatable bonds is 1. The smallest absolute Gasteiger partial charge is 0.139 e. The zero-order valence-corrected chi connectivity index (χ0v) is 7.16. The minimum Gasteiger partial charge on any atom is -0.375 e. The van der Waals surface area contributed by atoms with Gasteiger partial charge >= 0.3 is 0 Å². The van der Waals surface area contributed by atoms with Crippen LogP contribution in [0.25, 0.3) is 0 Å². The molecule has 0 spiro atoms. The van der Waals surface area contributed by atoms with Crippen molar-refractivity contribution in [2.75, 3.05) is 26.9 Å². The molecule has 0 saturated carbocycles. The van der Waals surface area contributed by atoms with Gasteiger partial charge in [0.1, 0.15) is 5.72 Å². The fraction of sp³-hybridized carbons (Fsp3) is 1.00. The number of likely N-dealkylation sites (N-methyl/N-ethyl adjacent to an activating group) is 1. The Morgan fingerprint density at radius 1 is 1.40 bits per heavy atom. The molecule has 0 amide bonds. The summed E-state index contributed by atoms with van der Waals surface area (Å²) >= 11 is 0. The van der Waals surface area contributed by atoms with Crippen LogP contribution < -0.4 is 5.32 Å². The van der Waals surface area contributed by atoms with Gasteiger partial charge in [-0.1, -0.05) is 0 Å². The van der Waals surface area contributed by atoms with Crippen LogP contribution >= 0.6 is 12.4 Å². The second kappa shape index (κ2) is 4.13. The summed E-state index contributed by atoms with van der Waals surface area (Å²) in [6.45, 7) is 4.03. The number of hydrogen-bond donors (Lipinski definition) is 1. The molecule has 0 unspecified atom stereocenters. The van der Waals surface area contributed by atoms with Gasteiger partial charge in [0.2, 0.25) is 0 Å². The molecule has 1 aliphatic heterocycles. The van der Waals surface area contributed by atoms with Gasteiger partial charge in [0.25, 0.3) is 0 Å². The standard InChI is InChI=1S/C6H13NO2.ClH/c1-6(7-2)5-8-3-4-9-6;/h7H,3-5H2,1-2H3;1H/t6-;/m1./s1. The number of ether oxygens (including phenoxy) is 2. The van der Waals surface area contributed by atoms with Gasteiger partial charge in [0.05, 0.1) is 19.8 Å². The quantitative estimate of drug-likeness (QED) is 0.613. The van der Waals surface area contributed by atoms with Crippen LogP contribution in [0.3, 0.4) is 0 Å². The molecule has 1 heterocycles. The van der Waals surface area contributed by atoms with Gasteiger partial charge in [-0.2, -0.15) is 0 Å². The van der Waals surface area contributed by atoms with Gasteiger partial charge in [0, 0.05) is 0 Å². The van der Waals surface area contributed by atoms with Crippen molar-refractivity contribution in [1.29, 1.82) is 0 Å². The normalized spacial score (nSPS) is 33.0. The van der Waals surface area contributed by atoms with E-state index in [0.29, 0.717) is 13.2 Å². The zero-order valence-electron chi connectivity index (χ0n) is 6.35. The van der Waals surface area contributed by atoms with Crippen LogP contribution in [-0.4, -0.2) is 32.6 Å². The fourth-order valence-electron chi connectivity index (χ4n) is 0.779. The Morgan fingerprint density at radius 2 is 2.10 bits per heavy atom. The average molecular weight is 168 g/mol. The Bertz CT molecular complexity index is 93.7. The minimum atomic E-state index is -0.252. The van der Waals surface area contributed by atoms with E-state index in [1.54, 1.807) is 0 Å². The molecule has 1 aliphatic rings. The highest BCUT2D eigenvalue weighted by molar-refractivity contribution is 5.85. The highest BCUT2D eigenvalue weighted by Gasteiger charge is 2.25. The first-order valence-corrected chi connectivity index (χ1v) is 3.17. The predicted octanol–water partition coefficient (Wildman–Crippen LogP) is 0.391. The fourth-order valence-corrected chi connectivity index (χ4v) is 0.779. The molecule has 1 atom stereocenters. The Hall–Kier alpha value is 0.170. The third-order valence-electron chi connectivity index (χ3n) is 1.55. The largest absolute Gasteiger partial charge is 0.375 e. The summed E-state index contributed by atoms with van der Waals surface area (Å²) in [5, 5.41) is 3.03. The Morgan fingerprint density at radius 3 is 2.40 bits per heavy atom. The third-order valence-corrected chi connectivity index (χ3v) is 1.55. The third kappa shape index (κ3) is 2.42. The summed E-state index contributed by atoms with van der Waals surface area (Å²) in [5.74, 6) is 0. The second-order valence-electron chi connectivity index (χ2n) is 2.38. The second-order valence-corrected chi connectivity index (χ2v) is 2.38. The molecule has 3 nitrogen and oxygen atoms in total. The summed E-state index contributed by atoms with van der Waals surface area (Å²) in [6, 6.07) is 0. The van der Waals surface area contributed by atoms with Crippen LogP contribution in [-0.2, 0) is 9.47 Å².